The van der Waals surface area contributed by atoms with E-state index in [1.165, 1.54) is 49.9 Å². The van der Waals surface area contributed by atoms with Crippen LogP contribution in [-0.4, -0.2) is 12.6 Å². The lowest BCUT2D eigenvalue weighted by atomic mass is 10.0. The van der Waals surface area contributed by atoms with Gasteiger partial charge in [-0.05, 0) is 66.1 Å². The summed E-state index contributed by atoms with van der Waals surface area (Å²) in [4.78, 5) is 12.4. The molecule has 0 amide bonds. The molecule has 3 aromatic rings. The monoisotopic (exact) mass is 438 g/mol. The number of hydrogen-bond acceptors (Lipinski definition) is 3. The van der Waals surface area contributed by atoms with Crippen LogP contribution in [-0.2, 0) is 0 Å². The van der Waals surface area contributed by atoms with Crippen molar-refractivity contribution in [2.24, 2.45) is 0 Å². The van der Waals surface area contributed by atoms with Gasteiger partial charge in [0.2, 0.25) is 0 Å². The Morgan fingerprint density at radius 1 is 0.750 bits per heavy atom. The Kier molecular flexibility index (Phi) is 8.79. The zero-order valence-corrected chi connectivity index (χ0v) is 18.3. The second-order valence-corrected chi connectivity index (χ2v) is 7.68. The molecule has 168 valence electrons. The first kappa shape index (κ1) is 23.5. The van der Waals surface area contributed by atoms with Crippen LogP contribution in [0, 0.1) is 11.6 Å². The van der Waals surface area contributed by atoms with E-state index in [-0.39, 0.29) is 11.4 Å². The molecule has 0 spiro atoms. The van der Waals surface area contributed by atoms with E-state index in [0.29, 0.717) is 29.2 Å². The predicted octanol–water partition coefficient (Wildman–Crippen LogP) is 7.59. The van der Waals surface area contributed by atoms with Crippen molar-refractivity contribution >= 4 is 5.97 Å². The molecule has 0 atom stereocenters. The summed E-state index contributed by atoms with van der Waals surface area (Å²) in [6.07, 6.45) is 7.18. The highest BCUT2D eigenvalue weighted by molar-refractivity contribution is 5.92. The highest BCUT2D eigenvalue weighted by Crippen LogP contribution is 2.24. The van der Waals surface area contributed by atoms with Crippen LogP contribution in [0.5, 0.6) is 11.5 Å². The van der Waals surface area contributed by atoms with Crippen molar-refractivity contribution in [3.8, 4) is 22.6 Å². The average molecular weight is 439 g/mol. The maximum absolute atomic E-state index is 14.5. The van der Waals surface area contributed by atoms with Crippen LogP contribution in [0.1, 0.15) is 55.8 Å². The smallest absolute Gasteiger partial charge is 0.346 e. The van der Waals surface area contributed by atoms with Gasteiger partial charge in [0.15, 0.2) is 0 Å². The van der Waals surface area contributed by atoms with E-state index in [4.69, 9.17) is 9.47 Å². The minimum Gasteiger partial charge on any atom is -0.494 e. The van der Waals surface area contributed by atoms with Gasteiger partial charge in [0.05, 0.1) is 12.2 Å². The molecule has 0 aliphatic carbocycles. The van der Waals surface area contributed by atoms with E-state index in [9.17, 15) is 13.6 Å². The van der Waals surface area contributed by atoms with E-state index in [2.05, 4.69) is 6.92 Å². The molecule has 32 heavy (non-hydrogen) atoms. The van der Waals surface area contributed by atoms with Crippen molar-refractivity contribution < 1.29 is 23.0 Å². The number of benzene rings is 3. The van der Waals surface area contributed by atoms with E-state index in [1.807, 2.05) is 0 Å². The molecule has 3 rings (SSSR count). The summed E-state index contributed by atoms with van der Waals surface area (Å²) in [5.41, 5.74) is 1.03. The Hall–Kier alpha value is -3.21. The summed E-state index contributed by atoms with van der Waals surface area (Å²) >= 11 is 0. The van der Waals surface area contributed by atoms with Crippen molar-refractivity contribution in [1.29, 1.82) is 0 Å². The van der Waals surface area contributed by atoms with Gasteiger partial charge in [-0.2, -0.15) is 0 Å². The molecule has 0 aromatic heterocycles. The Bertz CT molecular complexity index is 998. The zero-order valence-electron chi connectivity index (χ0n) is 18.3. The zero-order chi connectivity index (χ0) is 22.8. The van der Waals surface area contributed by atoms with E-state index in [0.717, 1.165) is 12.8 Å². The topological polar surface area (TPSA) is 35.5 Å². The number of hydrogen-bond donors (Lipinski definition) is 0. The number of unbranched alkanes of at least 4 members (excludes halogenated alkanes) is 5. The van der Waals surface area contributed by atoms with Crippen molar-refractivity contribution in [1.82, 2.24) is 0 Å². The lowest BCUT2D eigenvalue weighted by molar-refractivity contribution is 0.0729. The fourth-order valence-corrected chi connectivity index (χ4v) is 3.34. The van der Waals surface area contributed by atoms with Crippen molar-refractivity contribution in [2.45, 2.75) is 45.4 Å². The van der Waals surface area contributed by atoms with Crippen LogP contribution >= 0.6 is 0 Å². The summed E-state index contributed by atoms with van der Waals surface area (Å²) in [5, 5.41) is 0. The van der Waals surface area contributed by atoms with Gasteiger partial charge in [0.25, 0.3) is 0 Å². The van der Waals surface area contributed by atoms with Gasteiger partial charge in [0.1, 0.15) is 23.1 Å². The summed E-state index contributed by atoms with van der Waals surface area (Å²) in [6.45, 7) is 2.85. The molecule has 3 aromatic carbocycles. The van der Waals surface area contributed by atoms with Gasteiger partial charge in [-0.1, -0.05) is 57.2 Å². The van der Waals surface area contributed by atoms with Crippen molar-refractivity contribution in [3.05, 3.63) is 83.9 Å². The molecule has 0 radical (unpaired) electrons. The minimum atomic E-state index is -0.783. The Balaban J connectivity index is 1.51. The second-order valence-electron chi connectivity index (χ2n) is 7.68. The van der Waals surface area contributed by atoms with Gasteiger partial charge < -0.3 is 9.47 Å². The molecule has 3 nitrogen and oxygen atoms in total. The third-order valence-corrected chi connectivity index (χ3v) is 5.17. The number of esters is 1. The van der Waals surface area contributed by atoms with Crippen LogP contribution < -0.4 is 9.47 Å². The first-order valence-electron chi connectivity index (χ1n) is 11.1. The maximum Gasteiger partial charge on any atom is 0.346 e. The molecule has 0 saturated carbocycles. The quantitative estimate of drug-likeness (QED) is 0.176. The highest BCUT2D eigenvalue weighted by atomic mass is 19.1. The van der Waals surface area contributed by atoms with Crippen molar-refractivity contribution in [3.63, 3.8) is 0 Å². The first-order valence-corrected chi connectivity index (χ1v) is 11.1. The maximum atomic E-state index is 14.5. The summed E-state index contributed by atoms with van der Waals surface area (Å²) < 4.78 is 38.6. The number of carbonyl (C=O) groups excluding carboxylic acids is 1. The lowest BCUT2D eigenvalue weighted by Gasteiger charge is -2.09. The standard InChI is InChI=1S/C27H28F2O3/c1-2-3-4-5-6-7-18-31-23-13-15-24(16-14-23)32-27(30)25-17-10-21(19-26(25)29)20-8-11-22(28)12-9-20/h8-17,19H,2-7,18H2,1H3. The van der Waals surface area contributed by atoms with Crippen molar-refractivity contribution in [2.75, 3.05) is 6.61 Å². The second kappa shape index (κ2) is 12.0. The van der Waals surface area contributed by atoms with E-state index in [1.54, 1.807) is 42.5 Å². The predicted molar refractivity (Wildman–Crippen MR) is 122 cm³/mol. The van der Waals surface area contributed by atoms with Crippen LogP contribution in [0.15, 0.2) is 66.7 Å². The molecule has 0 saturated heterocycles. The Morgan fingerprint density at radius 3 is 2.06 bits per heavy atom. The molecule has 0 aliphatic rings. The molecule has 0 N–H and O–H groups in total. The first-order chi connectivity index (χ1) is 15.6. The Labute approximate surface area is 188 Å². The molecule has 5 heteroatoms. The number of carbonyl (C=O) groups is 1. The summed E-state index contributed by atoms with van der Waals surface area (Å²) in [6, 6.07) is 16.6. The molecular formula is C27H28F2O3. The van der Waals surface area contributed by atoms with Gasteiger partial charge in [-0.3, -0.25) is 0 Å². The van der Waals surface area contributed by atoms with E-state index < -0.39 is 11.8 Å². The molecule has 0 unspecified atom stereocenters. The van der Waals surface area contributed by atoms with E-state index >= 15 is 0 Å². The molecule has 0 heterocycles. The number of rotatable bonds is 11. The fraction of sp³-hybridized carbons (Fsp3) is 0.296. The lowest BCUT2D eigenvalue weighted by Crippen LogP contribution is -2.10. The molecule has 0 bridgehead atoms. The summed E-state index contributed by atoms with van der Waals surface area (Å²) in [7, 11) is 0. The van der Waals surface area contributed by atoms with Crippen LogP contribution in [0.3, 0.4) is 0 Å². The summed E-state index contributed by atoms with van der Waals surface area (Å²) in [5.74, 6) is -0.838. The van der Waals surface area contributed by atoms with Crippen LogP contribution in [0.2, 0.25) is 0 Å². The SMILES string of the molecule is CCCCCCCCOc1ccc(OC(=O)c2ccc(-c3ccc(F)cc3)cc2F)cc1. The highest BCUT2D eigenvalue weighted by Gasteiger charge is 2.15. The van der Waals surface area contributed by atoms with Crippen LogP contribution in [0.25, 0.3) is 11.1 Å². The normalized spacial score (nSPS) is 10.7. The Morgan fingerprint density at radius 2 is 1.38 bits per heavy atom. The molecule has 0 fully saturated rings. The molecular weight excluding hydrogens is 410 g/mol. The van der Waals surface area contributed by atoms with Gasteiger partial charge in [-0.15, -0.1) is 0 Å². The molecule has 0 aliphatic heterocycles. The van der Waals surface area contributed by atoms with Gasteiger partial charge >= 0.3 is 5.97 Å². The third kappa shape index (κ3) is 6.91. The largest absolute Gasteiger partial charge is 0.494 e. The number of ether oxygens (including phenoxy) is 2. The number of halogens is 2. The minimum absolute atomic E-state index is 0.167. The third-order valence-electron chi connectivity index (χ3n) is 5.17. The van der Waals surface area contributed by atoms with Crippen LogP contribution in [0.4, 0.5) is 8.78 Å². The average Bonchev–Trinajstić information content (AvgIpc) is 2.80. The van der Waals surface area contributed by atoms with Gasteiger partial charge in [0, 0.05) is 0 Å². The van der Waals surface area contributed by atoms with Gasteiger partial charge in [-0.25, -0.2) is 13.6 Å². The fourth-order valence-electron chi connectivity index (χ4n) is 3.34.